The number of likely N-dealkylation sites (tertiary alicyclic amines) is 1. The normalized spacial score (nSPS) is 25.2. The Hall–Kier alpha value is -0.690. The fourth-order valence-corrected chi connectivity index (χ4v) is 3.00. The zero-order chi connectivity index (χ0) is 15.2. The number of hydrogen-bond acceptors (Lipinski definition) is 5. The largest absolute Gasteiger partial charge is 0.366 e. The van der Waals surface area contributed by atoms with Crippen LogP contribution in [0.3, 0.4) is 0 Å². The molecule has 0 bridgehead atoms. The number of rotatable bonds is 5. The van der Waals surface area contributed by atoms with Crippen LogP contribution < -0.4 is 5.32 Å². The number of piperidine rings is 1. The van der Waals surface area contributed by atoms with E-state index in [1.807, 2.05) is 0 Å². The molecule has 2 fully saturated rings. The molecule has 0 aromatic heterocycles. The lowest BCUT2D eigenvalue weighted by Gasteiger charge is -2.39. The summed E-state index contributed by atoms with van der Waals surface area (Å²) in [6.45, 7) is 5.95. The average molecular weight is 298 g/mol. The zero-order valence-electron chi connectivity index (χ0n) is 13.7. The Balaban J connectivity index is 1.98. The third kappa shape index (κ3) is 4.92. The third-order valence-corrected chi connectivity index (χ3v) is 4.40. The molecule has 1 N–H and O–H groups in total. The van der Waals surface area contributed by atoms with E-state index >= 15 is 0 Å². The highest BCUT2D eigenvalue weighted by Crippen LogP contribution is 2.17. The number of nitrogens with zero attached hydrogens (tertiary/aromatic N) is 3. The van der Waals surface area contributed by atoms with Crippen molar-refractivity contribution in [2.75, 3.05) is 67.0 Å². The predicted octanol–water partition coefficient (Wildman–Crippen LogP) is -0.541. The van der Waals surface area contributed by atoms with Gasteiger partial charge in [-0.25, -0.2) is 0 Å². The second kappa shape index (κ2) is 8.08. The summed E-state index contributed by atoms with van der Waals surface area (Å²) in [6.07, 6.45) is 1.83. The van der Waals surface area contributed by atoms with E-state index < -0.39 is 0 Å². The van der Waals surface area contributed by atoms with Crippen LogP contribution in [0.15, 0.2) is 0 Å². The first-order chi connectivity index (χ1) is 10.1. The van der Waals surface area contributed by atoms with Crippen molar-refractivity contribution in [1.82, 2.24) is 20.0 Å². The van der Waals surface area contributed by atoms with Crippen LogP contribution in [0.1, 0.15) is 12.8 Å². The first-order valence-electron chi connectivity index (χ1n) is 8.04. The Labute approximate surface area is 128 Å². The van der Waals surface area contributed by atoms with Gasteiger partial charge in [-0.05, 0) is 47.1 Å². The van der Waals surface area contributed by atoms with Gasteiger partial charge in [-0.3, -0.25) is 4.79 Å². The van der Waals surface area contributed by atoms with Gasteiger partial charge < -0.3 is 24.8 Å². The maximum atomic E-state index is 12.8. The Morgan fingerprint density at radius 2 is 2.00 bits per heavy atom. The molecule has 2 saturated heterocycles. The van der Waals surface area contributed by atoms with E-state index in [2.05, 4.69) is 41.2 Å². The maximum absolute atomic E-state index is 12.8. The SMILES string of the molecule is CN(C)CCN(C(=O)C1CNCCO1)C1CCN(C)CC1. The number of hydrogen-bond donors (Lipinski definition) is 1. The van der Waals surface area contributed by atoms with Crippen molar-refractivity contribution in [3.8, 4) is 0 Å². The molecule has 0 saturated carbocycles. The fourth-order valence-electron chi connectivity index (χ4n) is 3.00. The number of ether oxygens (including phenoxy) is 1. The van der Waals surface area contributed by atoms with Gasteiger partial charge in [0.05, 0.1) is 6.61 Å². The Kier molecular flexibility index (Phi) is 6.41. The predicted molar refractivity (Wildman–Crippen MR) is 83.4 cm³/mol. The molecule has 1 atom stereocenters. The highest BCUT2D eigenvalue weighted by atomic mass is 16.5. The van der Waals surface area contributed by atoms with E-state index in [-0.39, 0.29) is 12.0 Å². The molecule has 6 heteroatoms. The van der Waals surface area contributed by atoms with E-state index in [0.717, 1.165) is 45.6 Å². The second-order valence-electron chi connectivity index (χ2n) is 6.43. The second-order valence-corrected chi connectivity index (χ2v) is 6.43. The molecule has 2 aliphatic heterocycles. The zero-order valence-corrected chi connectivity index (χ0v) is 13.7. The first-order valence-corrected chi connectivity index (χ1v) is 8.04. The fraction of sp³-hybridized carbons (Fsp3) is 0.933. The van der Waals surface area contributed by atoms with Gasteiger partial charge in [0.2, 0.25) is 0 Å². The van der Waals surface area contributed by atoms with E-state index in [9.17, 15) is 4.79 Å². The summed E-state index contributed by atoms with van der Waals surface area (Å²) >= 11 is 0. The average Bonchev–Trinajstić information content (AvgIpc) is 2.49. The standard InChI is InChI=1S/C15H30N4O2/c1-17(2)9-10-19(13-4-7-18(3)8-5-13)15(20)14-12-16-6-11-21-14/h13-14,16H,4-12H2,1-3H3. The molecule has 0 aromatic carbocycles. The Bertz CT molecular complexity index is 324. The highest BCUT2D eigenvalue weighted by Gasteiger charge is 2.32. The number of carbonyl (C=O) groups excluding carboxylic acids is 1. The molecule has 2 heterocycles. The monoisotopic (exact) mass is 298 g/mol. The lowest BCUT2D eigenvalue weighted by molar-refractivity contribution is -0.148. The van der Waals surface area contributed by atoms with Crippen LogP contribution in [0.2, 0.25) is 0 Å². The van der Waals surface area contributed by atoms with Crippen molar-refractivity contribution in [2.45, 2.75) is 25.0 Å². The van der Waals surface area contributed by atoms with Crippen LogP contribution in [0.4, 0.5) is 0 Å². The molecule has 1 unspecified atom stereocenters. The van der Waals surface area contributed by atoms with Gasteiger partial charge in [-0.1, -0.05) is 0 Å². The van der Waals surface area contributed by atoms with Gasteiger partial charge in [0, 0.05) is 32.2 Å². The molecule has 1 amide bonds. The summed E-state index contributed by atoms with van der Waals surface area (Å²) in [5.41, 5.74) is 0. The van der Waals surface area contributed by atoms with Crippen LogP contribution in [0, 0.1) is 0 Å². The minimum atomic E-state index is -0.305. The van der Waals surface area contributed by atoms with Gasteiger partial charge >= 0.3 is 0 Å². The summed E-state index contributed by atoms with van der Waals surface area (Å²) in [5.74, 6) is 0.165. The molecule has 6 nitrogen and oxygen atoms in total. The summed E-state index contributed by atoms with van der Waals surface area (Å²) in [6, 6.07) is 0.360. The first kappa shape index (κ1) is 16.7. The van der Waals surface area contributed by atoms with E-state index in [0.29, 0.717) is 19.2 Å². The third-order valence-electron chi connectivity index (χ3n) is 4.40. The van der Waals surface area contributed by atoms with Gasteiger partial charge in [0.15, 0.2) is 0 Å². The van der Waals surface area contributed by atoms with Gasteiger partial charge in [-0.15, -0.1) is 0 Å². The minimum Gasteiger partial charge on any atom is -0.366 e. The molecular weight excluding hydrogens is 268 g/mol. The van der Waals surface area contributed by atoms with Crippen LogP contribution in [0.25, 0.3) is 0 Å². The molecule has 0 aliphatic carbocycles. The highest BCUT2D eigenvalue weighted by molar-refractivity contribution is 5.81. The lowest BCUT2D eigenvalue weighted by Crippen LogP contribution is -2.55. The molecule has 0 radical (unpaired) electrons. The molecule has 0 spiro atoms. The van der Waals surface area contributed by atoms with E-state index in [1.54, 1.807) is 0 Å². The molecular formula is C15H30N4O2. The summed E-state index contributed by atoms with van der Waals surface area (Å²) < 4.78 is 5.66. The van der Waals surface area contributed by atoms with Crippen molar-refractivity contribution < 1.29 is 9.53 Å². The number of morpholine rings is 1. The molecule has 2 rings (SSSR count). The minimum absolute atomic E-state index is 0.165. The van der Waals surface area contributed by atoms with E-state index in [1.165, 1.54) is 0 Å². The number of amides is 1. The number of likely N-dealkylation sites (N-methyl/N-ethyl adjacent to an activating group) is 1. The molecule has 122 valence electrons. The summed E-state index contributed by atoms with van der Waals surface area (Å²) in [7, 11) is 6.25. The van der Waals surface area contributed by atoms with Crippen molar-refractivity contribution in [3.05, 3.63) is 0 Å². The molecule has 2 aliphatic rings. The topological polar surface area (TPSA) is 48.1 Å². The molecule has 21 heavy (non-hydrogen) atoms. The summed E-state index contributed by atoms with van der Waals surface area (Å²) in [5, 5.41) is 3.25. The van der Waals surface area contributed by atoms with Crippen LogP contribution in [0.5, 0.6) is 0 Å². The van der Waals surface area contributed by atoms with Crippen LogP contribution >= 0.6 is 0 Å². The van der Waals surface area contributed by atoms with Gasteiger partial charge in [-0.2, -0.15) is 0 Å². The van der Waals surface area contributed by atoms with Crippen molar-refractivity contribution in [1.29, 1.82) is 0 Å². The molecule has 0 aromatic rings. The van der Waals surface area contributed by atoms with Gasteiger partial charge in [0.1, 0.15) is 6.10 Å². The lowest BCUT2D eigenvalue weighted by atomic mass is 10.0. The van der Waals surface area contributed by atoms with Crippen LogP contribution in [-0.2, 0) is 9.53 Å². The smallest absolute Gasteiger partial charge is 0.253 e. The van der Waals surface area contributed by atoms with Crippen LogP contribution in [-0.4, -0.2) is 99.8 Å². The van der Waals surface area contributed by atoms with E-state index in [4.69, 9.17) is 4.74 Å². The quantitative estimate of drug-likeness (QED) is 0.739. The number of carbonyl (C=O) groups is 1. The van der Waals surface area contributed by atoms with Crippen molar-refractivity contribution >= 4 is 5.91 Å². The van der Waals surface area contributed by atoms with Gasteiger partial charge in [0.25, 0.3) is 5.91 Å². The van der Waals surface area contributed by atoms with Crippen molar-refractivity contribution in [3.63, 3.8) is 0 Å². The Morgan fingerprint density at radius 3 is 2.57 bits per heavy atom. The number of nitrogens with one attached hydrogen (secondary N) is 1. The van der Waals surface area contributed by atoms with Crippen molar-refractivity contribution in [2.24, 2.45) is 0 Å². The summed E-state index contributed by atoms with van der Waals surface area (Å²) in [4.78, 5) is 19.4. The maximum Gasteiger partial charge on any atom is 0.253 e. The Morgan fingerprint density at radius 1 is 1.29 bits per heavy atom.